The summed E-state index contributed by atoms with van der Waals surface area (Å²) < 4.78 is 5.88. The van der Waals surface area contributed by atoms with Crippen molar-refractivity contribution in [2.45, 2.75) is 38.8 Å². The van der Waals surface area contributed by atoms with Crippen LogP contribution in [0.15, 0.2) is 54.6 Å². The fourth-order valence-electron chi connectivity index (χ4n) is 2.62. The molecule has 0 bridgehead atoms. The molecule has 3 rings (SSSR count). The van der Waals surface area contributed by atoms with Crippen LogP contribution < -0.4 is 10.1 Å². The van der Waals surface area contributed by atoms with Crippen LogP contribution in [0.5, 0.6) is 11.5 Å². The lowest BCUT2D eigenvalue weighted by molar-refractivity contribution is 0.339. The third kappa shape index (κ3) is 3.85. The van der Waals surface area contributed by atoms with Crippen LogP contribution >= 0.6 is 0 Å². The van der Waals surface area contributed by atoms with Crippen LogP contribution in [-0.4, -0.2) is 5.54 Å². The Morgan fingerprint density at radius 2 is 1.71 bits per heavy atom. The normalized spacial score (nSPS) is 15.0. The van der Waals surface area contributed by atoms with Gasteiger partial charge in [-0.05, 0) is 62.4 Å². The Bertz CT molecular complexity index is 588. The van der Waals surface area contributed by atoms with Crippen molar-refractivity contribution < 1.29 is 4.74 Å². The molecule has 1 aliphatic rings. The van der Waals surface area contributed by atoms with E-state index < -0.39 is 0 Å². The fraction of sp³-hybridized carbons (Fsp3) is 0.368. The minimum Gasteiger partial charge on any atom is -0.457 e. The second-order valence-corrected chi connectivity index (χ2v) is 6.41. The second-order valence-electron chi connectivity index (χ2n) is 6.41. The van der Waals surface area contributed by atoms with Gasteiger partial charge in [0.25, 0.3) is 0 Å². The first kappa shape index (κ1) is 14.2. The monoisotopic (exact) mass is 281 g/mol. The summed E-state index contributed by atoms with van der Waals surface area (Å²) in [6.07, 6.45) is 2.72. The van der Waals surface area contributed by atoms with Crippen LogP contribution in [0.2, 0.25) is 0 Å². The van der Waals surface area contributed by atoms with Gasteiger partial charge in [-0.15, -0.1) is 0 Å². The summed E-state index contributed by atoms with van der Waals surface area (Å²) in [5.74, 6) is 2.60. The van der Waals surface area contributed by atoms with E-state index in [4.69, 9.17) is 4.74 Å². The molecular formula is C19H23NO. The lowest BCUT2D eigenvalue weighted by atomic mass is 9.98. The zero-order valence-electron chi connectivity index (χ0n) is 12.8. The van der Waals surface area contributed by atoms with Gasteiger partial charge in [0.05, 0.1) is 0 Å². The predicted molar refractivity (Wildman–Crippen MR) is 86.6 cm³/mol. The van der Waals surface area contributed by atoms with Crippen LogP contribution in [0.25, 0.3) is 0 Å². The lowest BCUT2D eigenvalue weighted by Gasteiger charge is -2.26. The molecule has 1 aliphatic carbocycles. The van der Waals surface area contributed by atoms with Crippen molar-refractivity contribution in [2.75, 3.05) is 0 Å². The Kier molecular flexibility index (Phi) is 3.98. The zero-order valence-corrected chi connectivity index (χ0v) is 12.8. The Morgan fingerprint density at radius 1 is 1.00 bits per heavy atom. The summed E-state index contributed by atoms with van der Waals surface area (Å²) in [4.78, 5) is 0. The molecule has 0 atom stereocenters. The van der Waals surface area contributed by atoms with Gasteiger partial charge in [0.15, 0.2) is 0 Å². The van der Waals surface area contributed by atoms with Crippen molar-refractivity contribution in [3.8, 4) is 11.5 Å². The molecule has 0 amide bonds. The number of rotatable bonds is 6. The summed E-state index contributed by atoms with van der Waals surface area (Å²) in [7, 11) is 0. The van der Waals surface area contributed by atoms with E-state index in [1.54, 1.807) is 0 Å². The highest BCUT2D eigenvalue weighted by atomic mass is 16.5. The third-order valence-corrected chi connectivity index (χ3v) is 4.22. The third-order valence-electron chi connectivity index (χ3n) is 4.22. The standard InChI is InChI=1S/C19H23NO/c1-19(2,16-11-12-16)20-14-15-7-6-10-18(13-15)21-17-8-4-3-5-9-17/h3-10,13,16,20H,11-12,14H2,1-2H3. The number of benzene rings is 2. The van der Waals surface area contributed by atoms with Crippen molar-refractivity contribution in [3.63, 3.8) is 0 Å². The number of hydrogen-bond donors (Lipinski definition) is 1. The Morgan fingerprint density at radius 3 is 2.43 bits per heavy atom. The molecule has 0 saturated heterocycles. The molecule has 0 unspecified atom stereocenters. The van der Waals surface area contributed by atoms with E-state index >= 15 is 0 Å². The molecule has 1 saturated carbocycles. The first-order chi connectivity index (χ1) is 10.1. The Hall–Kier alpha value is -1.80. The molecule has 0 aromatic heterocycles. The van der Waals surface area contributed by atoms with E-state index in [9.17, 15) is 0 Å². The van der Waals surface area contributed by atoms with Crippen LogP contribution in [0.1, 0.15) is 32.3 Å². The molecule has 2 heteroatoms. The van der Waals surface area contributed by atoms with E-state index in [-0.39, 0.29) is 5.54 Å². The molecule has 0 aliphatic heterocycles. The van der Waals surface area contributed by atoms with E-state index in [1.807, 2.05) is 36.4 Å². The van der Waals surface area contributed by atoms with E-state index in [1.165, 1.54) is 18.4 Å². The van der Waals surface area contributed by atoms with E-state index in [0.717, 1.165) is 24.0 Å². The van der Waals surface area contributed by atoms with Crippen LogP contribution in [0, 0.1) is 5.92 Å². The van der Waals surface area contributed by atoms with Gasteiger partial charge in [0, 0.05) is 12.1 Å². The maximum atomic E-state index is 5.88. The predicted octanol–water partition coefficient (Wildman–Crippen LogP) is 4.76. The van der Waals surface area contributed by atoms with Crippen molar-refractivity contribution in [3.05, 3.63) is 60.2 Å². The van der Waals surface area contributed by atoms with Gasteiger partial charge in [0.2, 0.25) is 0 Å². The number of para-hydroxylation sites is 1. The van der Waals surface area contributed by atoms with Gasteiger partial charge in [-0.2, -0.15) is 0 Å². The van der Waals surface area contributed by atoms with Crippen molar-refractivity contribution in [2.24, 2.45) is 5.92 Å². The summed E-state index contributed by atoms with van der Waals surface area (Å²) in [5.41, 5.74) is 1.49. The Balaban J connectivity index is 1.63. The number of hydrogen-bond acceptors (Lipinski definition) is 2. The highest BCUT2D eigenvalue weighted by Crippen LogP contribution is 2.39. The average Bonchev–Trinajstić information content (AvgIpc) is 3.32. The maximum Gasteiger partial charge on any atom is 0.127 e. The minimum absolute atomic E-state index is 0.232. The van der Waals surface area contributed by atoms with Crippen LogP contribution in [-0.2, 0) is 6.54 Å². The highest BCUT2D eigenvalue weighted by molar-refractivity contribution is 5.33. The molecule has 110 valence electrons. The first-order valence-electron chi connectivity index (χ1n) is 7.70. The van der Waals surface area contributed by atoms with Crippen LogP contribution in [0.3, 0.4) is 0 Å². The molecule has 1 fully saturated rings. The molecule has 0 radical (unpaired) electrons. The summed E-state index contributed by atoms with van der Waals surface area (Å²) in [5, 5.41) is 3.67. The molecule has 0 heterocycles. The van der Waals surface area contributed by atoms with Crippen molar-refractivity contribution >= 4 is 0 Å². The summed E-state index contributed by atoms with van der Waals surface area (Å²) >= 11 is 0. The molecule has 2 nitrogen and oxygen atoms in total. The van der Waals surface area contributed by atoms with Gasteiger partial charge in [-0.25, -0.2) is 0 Å². The van der Waals surface area contributed by atoms with E-state index in [2.05, 4.69) is 37.4 Å². The number of nitrogens with one attached hydrogen (secondary N) is 1. The number of ether oxygens (including phenoxy) is 1. The van der Waals surface area contributed by atoms with Crippen LogP contribution in [0.4, 0.5) is 0 Å². The Labute approximate surface area is 127 Å². The van der Waals surface area contributed by atoms with Gasteiger partial charge in [-0.1, -0.05) is 30.3 Å². The molecule has 2 aromatic rings. The highest BCUT2D eigenvalue weighted by Gasteiger charge is 2.37. The second kappa shape index (κ2) is 5.90. The molecule has 0 spiro atoms. The average molecular weight is 281 g/mol. The smallest absolute Gasteiger partial charge is 0.127 e. The van der Waals surface area contributed by atoms with Crippen molar-refractivity contribution in [1.82, 2.24) is 5.32 Å². The minimum atomic E-state index is 0.232. The SMILES string of the molecule is CC(C)(NCc1cccc(Oc2ccccc2)c1)C1CC1. The van der Waals surface area contributed by atoms with E-state index in [0.29, 0.717) is 0 Å². The lowest BCUT2D eigenvalue weighted by Crippen LogP contribution is -2.40. The first-order valence-corrected chi connectivity index (χ1v) is 7.70. The zero-order chi connectivity index (χ0) is 14.7. The largest absolute Gasteiger partial charge is 0.457 e. The molecule has 2 aromatic carbocycles. The van der Waals surface area contributed by atoms with Gasteiger partial charge < -0.3 is 10.1 Å². The van der Waals surface area contributed by atoms with Gasteiger partial charge in [-0.3, -0.25) is 0 Å². The summed E-state index contributed by atoms with van der Waals surface area (Å²) in [6, 6.07) is 18.2. The van der Waals surface area contributed by atoms with Gasteiger partial charge >= 0.3 is 0 Å². The molecule has 1 N–H and O–H groups in total. The fourth-order valence-corrected chi connectivity index (χ4v) is 2.62. The topological polar surface area (TPSA) is 21.3 Å². The molecular weight excluding hydrogens is 258 g/mol. The summed E-state index contributed by atoms with van der Waals surface area (Å²) in [6.45, 7) is 5.49. The van der Waals surface area contributed by atoms with Crippen molar-refractivity contribution in [1.29, 1.82) is 0 Å². The van der Waals surface area contributed by atoms with Gasteiger partial charge in [0.1, 0.15) is 11.5 Å². The molecule has 21 heavy (non-hydrogen) atoms. The quantitative estimate of drug-likeness (QED) is 0.824. The maximum absolute atomic E-state index is 5.88.